The smallest absolute Gasteiger partial charge is 0.283 e. The Kier molecular flexibility index (Phi) is 4.39. The number of aryl methyl sites for hydroxylation is 2. The highest BCUT2D eigenvalue weighted by Gasteiger charge is 2.11. The summed E-state index contributed by atoms with van der Waals surface area (Å²) in [6, 6.07) is 0. The molecule has 0 aromatic carbocycles. The topological polar surface area (TPSA) is 73.0 Å². The summed E-state index contributed by atoms with van der Waals surface area (Å²) >= 11 is 3.29. The molecule has 20 heavy (non-hydrogen) atoms. The van der Waals surface area contributed by atoms with Gasteiger partial charge in [-0.3, -0.25) is 4.79 Å². The molecule has 1 N–H and O–H groups in total. The molecule has 0 aliphatic carbocycles. The monoisotopic (exact) mass is 338 g/mol. The number of halogens is 1. The number of nitrogens with one attached hydrogen (secondary N) is 1. The van der Waals surface area contributed by atoms with E-state index in [0.717, 1.165) is 17.0 Å². The molecule has 2 aromatic rings. The minimum Gasteiger partial charge on any atom is -0.378 e. The first-order valence-corrected chi connectivity index (χ1v) is 6.86. The fraction of sp³-hybridized carbons (Fsp3) is 0.308. The summed E-state index contributed by atoms with van der Waals surface area (Å²) in [7, 11) is 0. The van der Waals surface area contributed by atoms with Crippen molar-refractivity contribution in [2.45, 2.75) is 26.9 Å². The maximum absolute atomic E-state index is 12.0. The Morgan fingerprint density at radius 3 is 2.90 bits per heavy atom. The normalized spacial score (nSPS) is 10.6. The van der Waals surface area contributed by atoms with Gasteiger partial charge in [0.1, 0.15) is 10.2 Å². The summed E-state index contributed by atoms with van der Waals surface area (Å²) < 4.78 is 6.87. The highest BCUT2D eigenvalue weighted by atomic mass is 79.9. The van der Waals surface area contributed by atoms with Gasteiger partial charge in [0.05, 0.1) is 24.1 Å². The number of anilines is 1. The first-order valence-electron chi connectivity index (χ1n) is 6.06. The van der Waals surface area contributed by atoms with E-state index in [0.29, 0.717) is 23.2 Å². The molecule has 2 heterocycles. The van der Waals surface area contributed by atoms with Crippen molar-refractivity contribution in [3.63, 3.8) is 0 Å². The molecule has 0 aliphatic rings. The lowest BCUT2D eigenvalue weighted by atomic mass is 10.2. The molecule has 0 spiro atoms. The molecule has 106 valence electrons. The van der Waals surface area contributed by atoms with Gasteiger partial charge in [-0.15, -0.1) is 6.58 Å². The number of allylic oxidation sites excluding steroid dienone is 1. The van der Waals surface area contributed by atoms with Crippen LogP contribution in [0.4, 0.5) is 5.69 Å². The molecular formula is C13H15BrN4O2. The third kappa shape index (κ3) is 2.82. The van der Waals surface area contributed by atoms with E-state index < -0.39 is 0 Å². The van der Waals surface area contributed by atoms with Crippen molar-refractivity contribution in [3.8, 4) is 0 Å². The first kappa shape index (κ1) is 14.5. The molecule has 0 saturated carbocycles. The molecule has 0 fully saturated rings. The zero-order chi connectivity index (χ0) is 14.7. The second-order valence-electron chi connectivity index (χ2n) is 4.30. The van der Waals surface area contributed by atoms with Gasteiger partial charge in [0.2, 0.25) is 0 Å². The molecule has 0 atom stereocenters. The van der Waals surface area contributed by atoms with Gasteiger partial charge in [-0.25, -0.2) is 4.68 Å². The summed E-state index contributed by atoms with van der Waals surface area (Å²) in [5.74, 6) is 0.763. The second-order valence-corrected chi connectivity index (χ2v) is 5.10. The van der Waals surface area contributed by atoms with Crippen molar-refractivity contribution in [1.82, 2.24) is 14.9 Å². The van der Waals surface area contributed by atoms with E-state index in [1.165, 1.54) is 4.68 Å². The van der Waals surface area contributed by atoms with Crippen LogP contribution in [0.1, 0.15) is 17.0 Å². The van der Waals surface area contributed by atoms with Gasteiger partial charge in [0.15, 0.2) is 0 Å². The molecule has 0 aliphatic heterocycles. The summed E-state index contributed by atoms with van der Waals surface area (Å²) in [4.78, 5) is 12.0. The van der Waals surface area contributed by atoms with Crippen LogP contribution in [0, 0.1) is 13.8 Å². The summed E-state index contributed by atoms with van der Waals surface area (Å²) in [5, 5.41) is 11.1. The number of nitrogens with zero attached hydrogens (tertiary/aromatic N) is 3. The highest BCUT2D eigenvalue weighted by molar-refractivity contribution is 9.10. The van der Waals surface area contributed by atoms with Crippen molar-refractivity contribution in [1.29, 1.82) is 0 Å². The van der Waals surface area contributed by atoms with E-state index in [-0.39, 0.29) is 5.56 Å². The van der Waals surface area contributed by atoms with Gasteiger partial charge >= 0.3 is 0 Å². The zero-order valence-electron chi connectivity index (χ0n) is 11.3. The van der Waals surface area contributed by atoms with E-state index in [9.17, 15) is 4.79 Å². The molecule has 2 rings (SSSR count). The van der Waals surface area contributed by atoms with Crippen LogP contribution < -0.4 is 10.9 Å². The number of aromatic nitrogens is 3. The Balaban J connectivity index is 2.21. The Labute approximate surface area is 124 Å². The Bertz CT molecular complexity index is 671. The molecule has 0 bridgehead atoms. The fourth-order valence-electron chi connectivity index (χ4n) is 1.78. The average molecular weight is 339 g/mol. The summed E-state index contributed by atoms with van der Waals surface area (Å²) in [6.45, 7) is 8.22. The van der Waals surface area contributed by atoms with Crippen molar-refractivity contribution in [3.05, 3.63) is 50.7 Å². The van der Waals surface area contributed by atoms with Gasteiger partial charge in [0, 0.05) is 12.1 Å². The molecular weight excluding hydrogens is 324 g/mol. The summed E-state index contributed by atoms with van der Waals surface area (Å²) in [6.07, 6.45) is 3.23. The standard InChI is InChI=1S/C13H15BrN4O2/c1-4-5-18-13(19)12(14)11(7-16-18)15-6-10-8(2)17-20-9(10)3/h4,7,15H,1,5-6H2,2-3H3. The van der Waals surface area contributed by atoms with Crippen LogP contribution in [-0.4, -0.2) is 14.9 Å². The van der Waals surface area contributed by atoms with Crippen molar-refractivity contribution < 1.29 is 4.52 Å². The zero-order valence-corrected chi connectivity index (χ0v) is 12.9. The first-order chi connectivity index (χ1) is 9.54. The van der Waals surface area contributed by atoms with Crippen LogP contribution in [-0.2, 0) is 13.1 Å². The van der Waals surface area contributed by atoms with Crippen molar-refractivity contribution >= 4 is 21.6 Å². The third-order valence-corrected chi connectivity index (χ3v) is 3.69. The molecule has 0 radical (unpaired) electrons. The van der Waals surface area contributed by atoms with E-state index in [1.54, 1.807) is 12.3 Å². The van der Waals surface area contributed by atoms with E-state index >= 15 is 0 Å². The average Bonchev–Trinajstić information content (AvgIpc) is 2.74. The molecule has 0 saturated heterocycles. The van der Waals surface area contributed by atoms with Gasteiger partial charge in [-0.1, -0.05) is 11.2 Å². The van der Waals surface area contributed by atoms with Crippen LogP contribution in [0.3, 0.4) is 0 Å². The van der Waals surface area contributed by atoms with Crippen LogP contribution in [0.2, 0.25) is 0 Å². The van der Waals surface area contributed by atoms with E-state index in [1.807, 2.05) is 13.8 Å². The molecule has 6 nitrogen and oxygen atoms in total. The Morgan fingerprint density at radius 1 is 1.55 bits per heavy atom. The van der Waals surface area contributed by atoms with Gasteiger partial charge in [0.25, 0.3) is 5.56 Å². The predicted octanol–water partition coefficient (Wildman–Crippen LogP) is 2.41. The van der Waals surface area contributed by atoms with E-state index in [4.69, 9.17) is 4.52 Å². The van der Waals surface area contributed by atoms with Crippen molar-refractivity contribution in [2.75, 3.05) is 5.32 Å². The second kappa shape index (κ2) is 6.04. The van der Waals surface area contributed by atoms with Crippen molar-refractivity contribution in [2.24, 2.45) is 0 Å². The summed E-state index contributed by atoms with van der Waals surface area (Å²) in [5.41, 5.74) is 2.25. The molecule has 0 amide bonds. The lowest BCUT2D eigenvalue weighted by Gasteiger charge is -2.09. The number of rotatable bonds is 5. The number of hydrogen-bond donors (Lipinski definition) is 1. The SMILES string of the molecule is C=CCn1ncc(NCc2c(C)noc2C)c(Br)c1=O. The quantitative estimate of drug-likeness (QED) is 0.847. The van der Waals surface area contributed by atoms with Crippen LogP contribution >= 0.6 is 15.9 Å². The van der Waals surface area contributed by atoms with Gasteiger partial charge in [-0.05, 0) is 29.8 Å². The van der Waals surface area contributed by atoms with Crippen LogP contribution in [0.15, 0.2) is 32.6 Å². The lowest BCUT2D eigenvalue weighted by molar-refractivity contribution is 0.392. The van der Waals surface area contributed by atoms with Crippen LogP contribution in [0.5, 0.6) is 0 Å². The maximum atomic E-state index is 12.0. The number of hydrogen-bond acceptors (Lipinski definition) is 5. The Morgan fingerprint density at radius 2 is 2.30 bits per heavy atom. The Hall–Kier alpha value is -1.89. The van der Waals surface area contributed by atoms with E-state index in [2.05, 4.69) is 38.1 Å². The van der Waals surface area contributed by atoms with Gasteiger partial charge in [-0.2, -0.15) is 5.10 Å². The minimum atomic E-state index is -0.200. The van der Waals surface area contributed by atoms with Gasteiger partial charge < -0.3 is 9.84 Å². The molecule has 7 heteroatoms. The van der Waals surface area contributed by atoms with Crippen LogP contribution in [0.25, 0.3) is 0 Å². The lowest BCUT2D eigenvalue weighted by Crippen LogP contribution is -2.24. The fourth-order valence-corrected chi connectivity index (χ4v) is 2.23. The predicted molar refractivity (Wildman–Crippen MR) is 79.7 cm³/mol. The third-order valence-electron chi connectivity index (χ3n) is 2.92. The highest BCUT2D eigenvalue weighted by Crippen LogP contribution is 2.19. The molecule has 0 unspecified atom stereocenters. The molecule has 2 aromatic heterocycles. The largest absolute Gasteiger partial charge is 0.378 e. The minimum absolute atomic E-state index is 0.200. The maximum Gasteiger partial charge on any atom is 0.283 e.